The molecule has 1 rings (SSSR count). The topological polar surface area (TPSA) is 38.4 Å². The summed E-state index contributed by atoms with van der Waals surface area (Å²) in [7, 11) is 0. The van der Waals surface area contributed by atoms with E-state index in [1.165, 1.54) is 0 Å². The lowest BCUT2D eigenvalue weighted by Gasteiger charge is -1.98. The molecule has 0 atom stereocenters. The van der Waals surface area contributed by atoms with Crippen LogP contribution in [0.15, 0.2) is 29.4 Å². The van der Waals surface area contributed by atoms with Gasteiger partial charge < -0.3 is 5.21 Å². The monoisotopic (exact) mass is 164 g/mol. The molecule has 0 radical (unpaired) electrons. The molecule has 0 fully saturated rings. The number of nitrogens with zero attached hydrogens (tertiary/aromatic N) is 2. The summed E-state index contributed by atoms with van der Waals surface area (Å²) >= 11 is 0. The molecule has 12 heavy (non-hydrogen) atoms. The van der Waals surface area contributed by atoms with Crippen molar-refractivity contribution in [1.29, 1.82) is 0 Å². The van der Waals surface area contributed by atoms with E-state index in [0.29, 0.717) is 17.1 Å². The summed E-state index contributed by atoms with van der Waals surface area (Å²) in [6, 6.07) is 7.32. The van der Waals surface area contributed by atoms with Gasteiger partial charge in [-0.3, -0.25) is 0 Å². The Morgan fingerprint density at radius 3 is 2.42 bits per heavy atom. The molecule has 1 aromatic carbocycles. The Kier molecular flexibility index (Phi) is 2.80. The molecule has 0 spiro atoms. The van der Waals surface area contributed by atoms with Gasteiger partial charge in [0.2, 0.25) is 5.69 Å². The second-order valence-corrected chi connectivity index (χ2v) is 2.57. The molecule has 0 saturated heterocycles. The number of aryl methyl sites for hydroxylation is 1. The largest absolute Gasteiger partial charge is 0.594 e. The zero-order valence-electron chi connectivity index (χ0n) is 7.32. The quantitative estimate of drug-likeness (QED) is 0.376. The summed E-state index contributed by atoms with van der Waals surface area (Å²) in [5.74, 6) is 0. The van der Waals surface area contributed by atoms with Gasteiger partial charge in [0.1, 0.15) is 6.54 Å². The Hall–Kier alpha value is -1.38. The second-order valence-electron chi connectivity index (χ2n) is 2.57. The third kappa shape index (κ3) is 2.05. The smallest absolute Gasteiger partial charge is 0.244 e. The summed E-state index contributed by atoms with van der Waals surface area (Å²) in [6.07, 6.45) is 0. The third-order valence-corrected chi connectivity index (χ3v) is 1.52. The second kappa shape index (κ2) is 3.85. The first-order valence-electron chi connectivity index (χ1n) is 3.95. The Morgan fingerprint density at radius 1 is 1.33 bits per heavy atom. The molecule has 0 aromatic heterocycles. The molecular formula is C9H12N2O. The fourth-order valence-electron chi connectivity index (χ4n) is 0.882. The first-order chi connectivity index (χ1) is 5.74. The zero-order chi connectivity index (χ0) is 8.97. The van der Waals surface area contributed by atoms with Crippen LogP contribution in [-0.4, -0.2) is 11.4 Å². The minimum atomic E-state index is 0.511. The molecule has 0 aliphatic rings. The summed E-state index contributed by atoms with van der Waals surface area (Å²) in [5, 5.41) is 14.8. The molecule has 0 bridgehead atoms. The van der Waals surface area contributed by atoms with Crippen molar-refractivity contribution in [2.75, 3.05) is 6.54 Å². The summed E-state index contributed by atoms with van der Waals surface area (Å²) in [5.41, 5.74) is 1.73. The maximum atomic E-state index is 11.1. The standard InChI is InChI=1S/C9H12N2O/c1-3-10-11(12)9-6-4-8(2)5-7-9/h4-7H,3H2,1-2H3. The van der Waals surface area contributed by atoms with Gasteiger partial charge in [-0.15, -0.1) is 0 Å². The van der Waals surface area contributed by atoms with Gasteiger partial charge in [0.25, 0.3) is 0 Å². The van der Waals surface area contributed by atoms with Gasteiger partial charge in [-0.05, 0) is 19.0 Å². The van der Waals surface area contributed by atoms with Gasteiger partial charge in [-0.2, -0.15) is 0 Å². The SMILES string of the molecule is CCN=[N+]([O-])c1ccc(C)cc1. The lowest BCUT2D eigenvalue weighted by molar-refractivity contribution is -0.442. The minimum absolute atomic E-state index is 0.511. The molecule has 0 aliphatic carbocycles. The maximum Gasteiger partial charge on any atom is 0.244 e. The molecule has 0 saturated carbocycles. The zero-order valence-corrected chi connectivity index (χ0v) is 7.32. The highest BCUT2D eigenvalue weighted by Crippen LogP contribution is 2.11. The average Bonchev–Trinajstić information content (AvgIpc) is 2.06. The highest BCUT2D eigenvalue weighted by atomic mass is 16.5. The molecular weight excluding hydrogens is 152 g/mol. The van der Waals surface area contributed by atoms with Crippen LogP contribution in [0, 0.1) is 12.1 Å². The van der Waals surface area contributed by atoms with Gasteiger partial charge in [0.05, 0.1) is 0 Å². The van der Waals surface area contributed by atoms with E-state index in [9.17, 15) is 5.21 Å². The van der Waals surface area contributed by atoms with Gasteiger partial charge in [0.15, 0.2) is 0 Å². The van der Waals surface area contributed by atoms with Gasteiger partial charge >= 0.3 is 0 Å². The van der Waals surface area contributed by atoms with E-state index in [0.717, 1.165) is 5.56 Å². The van der Waals surface area contributed by atoms with Crippen molar-refractivity contribution in [3.63, 3.8) is 0 Å². The van der Waals surface area contributed by atoms with Crippen LogP contribution in [0.25, 0.3) is 0 Å². The lowest BCUT2D eigenvalue weighted by Crippen LogP contribution is -1.91. The van der Waals surface area contributed by atoms with Crippen molar-refractivity contribution in [1.82, 2.24) is 0 Å². The van der Waals surface area contributed by atoms with Crippen molar-refractivity contribution in [2.45, 2.75) is 13.8 Å². The third-order valence-electron chi connectivity index (χ3n) is 1.52. The number of rotatable bonds is 2. The van der Waals surface area contributed by atoms with Gasteiger partial charge in [-0.1, -0.05) is 22.6 Å². The van der Waals surface area contributed by atoms with E-state index >= 15 is 0 Å². The first-order valence-corrected chi connectivity index (χ1v) is 3.95. The van der Waals surface area contributed by atoms with Crippen LogP contribution in [0.2, 0.25) is 0 Å². The van der Waals surface area contributed by atoms with Gasteiger partial charge in [0, 0.05) is 12.1 Å². The molecule has 0 amide bonds. The van der Waals surface area contributed by atoms with E-state index in [2.05, 4.69) is 5.11 Å². The summed E-state index contributed by atoms with van der Waals surface area (Å²) in [6.45, 7) is 4.33. The van der Waals surface area contributed by atoms with E-state index in [1.807, 2.05) is 26.0 Å². The average molecular weight is 164 g/mol. The minimum Gasteiger partial charge on any atom is -0.594 e. The Balaban J connectivity index is 2.89. The highest BCUT2D eigenvalue weighted by molar-refractivity contribution is 5.31. The summed E-state index contributed by atoms with van der Waals surface area (Å²) in [4.78, 5) is 0.652. The lowest BCUT2D eigenvalue weighted by atomic mass is 10.2. The van der Waals surface area contributed by atoms with Crippen LogP contribution in [0.5, 0.6) is 0 Å². The molecule has 0 aliphatic heterocycles. The molecule has 64 valence electrons. The fraction of sp³-hybridized carbons (Fsp3) is 0.333. The van der Waals surface area contributed by atoms with Crippen molar-refractivity contribution < 1.29 is 4.86 Å². The number of azo groups is 1. The van der Waals surface area contributed by atoms with Crippen LogP contribution in [0.1, 0.15) is 12.5 Å². The molecule has 0 N–H and O–H groups in total. The van der Waals surface area contributed by atoms with Gasteiger partial charge in [-0.25, -0.2) is 0 Å². The summed E-state index contributed by atoms with van der Waals surface area (Å²) < 4.78 is 0. The number of benzene rings is 1. The number of hydrogen-bond acceptors (Lipinski definition) is 2. The van der Waals surface area contributed by atoms with Crippen molar-refractivity contribution in [3.05, 3.63) is 35.0 Å². The maximum absolute atomic E-state index is 11.1. The van der Waals surface area contributed by atoms with Crippen LogP contribution >= 0.6 is 0 Å². The Labute approximate surface area is 71.9 Å². The first kappa shape index (κ1) is 8.71. The fourth-order valence-corrected chi connectivity index (χ4v) is 0.882. The van der Waals surface area contributed by atoms with Crippen LogP contribution in [0.4, 0.5) is 5.69 Å². The Morgan fingerprint density at radius 2 is 1.92 bits per heavy atom. The van der Waals surface area contributed by atoms with E-state index in [1.54, 1.807) is 12.1 Å². The van der Waals surface area contributed by atoms with Crippen molar-refractivity contribution >= 4 is 5.69 Å². The highest BCUT2D eigenvalue weighted by Gasteiger charge is 1.99. The van der Waals surface area contributed by atoms with Crippen LogP contribution in [-0.2, 0) is 0 Å². The predicted octanol–water partition coefficient (Wildman–Crippen LogP) is 2.61. The molecule has 1 aromatic rings. The van der Waals surface area contributed by atoms with Crippen molar-refractivity contribution in [3.8, 4) is 0 Å². The molecule has 3 nitrogen and oxygen atoms in total. The Bertz CT molecular complexity index is 277. The predicted molar refractivity (Wildman–Crippen MR) is 47.4 cm³/mol. The normalized spacial score (nSPS) is 11.7. The van der Waals surface area contributed by atoms with Crippen LogP contribution < -0.4 is 0 Å². The molecule has 0 heterocycles. The number of hydrogen-bond donors (Lipinski definition) is 0. The molecule has 0 unspecified atom stereocenters. The van der Waals surface area contributed by atoms with Crippen molar-refractivity contribution in [2.24, 2.45) is 5.11 Å². The van der Waals surface area contributed by atoms with E-state index < -0.39 is 0 Å². The van der Waals surface area contributed by atoms with E-state index in [-0.39, 0.29) is 0 Å². The van der Waals surface area contributed by atoms with E-state index in [4.69, 9.17) is 0 Å². The van der Waals surface area contributed by atoms with Crippen LogP contribution in [0.3, 0.4) is 0 Å². The molecule has 3 heteroatoms.